The number of carbonyl (C=O) groups excluding carboxylic acids is 1. The number of furan rings is 1. The van der Waals surface area contributed by atoms with E-state index in [1.165, 1.54) is 23.5 Å². The van der Waals surface area contributed by atoms with Gasteiger partial charge in [0.15, 0.2) is 32.2 Å². The minimum atomic E-state index is -3.32. The zero-order chi connectivity index (χ0) is 22.0. The lowest BCUT2D eigenvalue weighted by Gasteiger charge is -2.08. The molecule has 31 heavy (non-hydrogen) atoms. The Morgan fingerprint density at radius 2 is 1.90 bits per heavy atom. The molecular formula is C21H18N2O6S2. The van der Waals surface area contributed by atoms with Crippen molar-refractivity contribution in [2.24, 2.45) is 0 Å². The van der Waals surface area contributed by atoms with Crippen LogP contribution in [0.2, 0.25) is 0 Å². The Kier molecular flexibility index (Phi) is 5.66. The number of thiazole rings is 1. The Morgan fingerprint density at radius 3 is 2.65 bits per heavy atom. The van der Waals surface area contributed by atoms with E-state index in [1.807, 2.05) is 12.1 Å². The van der Waals surface area contributed by atoms with Crippen molar-refractivity contribution in [1.82, 2.24) is 4.98 Å². The van der Waals surface area contributed by atoms with Gasteiger partial charge in [-0.2, -0.15) is 0 Å². The average Bonchev–Trinajstić information content (AvgIpc) is 3.37. The molecule has 2 aromatic heterocycles. The number of hydrogen-bond acceptors (Lipinski definition) is 8. The maximum absolute atomic E-state index is 12.5. The second kappa shape index (κ2) is 8.40. The van der Waals surface area contributed by atoms with Gasteiger partial charge in [0.2, 0.25) is 0 Å². The van der Waals surface area contributed by atoms with E-state index < -0.39 is 15.7 Å². The summed E-state index contributed by atoms with van der Waals surface area (Å²) in [5.41, 5.74) is 0.595. The van der Waals surface area contributed by atoms with Gasteiger partial charge in [-0.3, -0.25) is 10.1 Å². The molecule has 0 aliphatic heterocycles. The molecule has 1 N–H and O–H groups in total. The molecule has 0 atom stereocenters. The molecule has 0 aliphatic carbocycles. The Bertz CT molecular complexity index is 1360. The van der Waals surface area contributed by atoms with E-state index in [4.69, 9.17) is 13.9 Å². The Labute approximate surface area is 182 Å². The Morgan fingerprint density at radius 1 is 1.13 bits per heavy atom. The third-order valence-electron chi connectivity index (χ3n) is 4.33. The zero-order valence-corrected chi connectivity index (χ0v) is 18.2. The first-order valence-electron chi connectivity index (χ1n) is 9.10. The molecular weight excluding hydrogens is 440 g/mol. The number of nitrogens with one attached hydrogen (secondary N) is 1. The van der Waals surface area contributed by atoms with Gasteiger partial charge in [-0.1, -0.05) is 23.5 Å². The van der Waals surface area contributed by atoms with Crippen molar-refractivity contribution in [3.8, 4) is 11.5 Å². The highest BCUT2D eigenvalue weighted by Crippen LogP contribution is 2.29. The van der Waals surface area contributed by atoms with Crippen LogP contribution >= 0.6 is 11.3 Å². The molecule has 2 heterocycles. The summed E-state index contributed by atoms with van der Waals surface area (Å²) in [6, 6.07) is 15.1. The van der Waals surface area contributed by atoms with Gasteiger partial charge in [0.05, 0.1) is 22.2 Å². The van der Waals surface area contributed by atoms with Crippen molar-refractivity contribution < 1.29 is 27.1 Å². The normalized spacial score (nSPS) is 11.4. The van der Waals surface area contributed by atoms with E-state index in [0.717, 1.165) is 6.26 Å². The summed E-state index contributed by atoms with van der Waals surface area (Å²) in [6.07, 6.45) is 1.14. The van der Waals surface area contributed by atoms with Gasteiger partial charge in [0.25, 0.3) is 5.91 Å². The van der Waals surface area contributed by atoms with E-state index in [9.17, 15) is 13.2 Å². The van der Waals surface area contributed by atoms with E-state index in [2.05, 4.69) is 10.3 Å². The minimum absolute atomic E-state index is 0.106. The largest absolute Gasteiger partial charge is 0.493 e. The van der Waals surface area contributed by atoms with Crippen LogP contribution in [0.25, 0.3) is 10.2 Å². The molecule has 0 aliphatic rings. The third kappa shape index (κ3) is 4.70. The van der Waals surface area contributed by atoms with Crippen molar-refractivity contribution in [3.63, 3.8) is 0 Å². The van der Waals surface area contributed by atoms with Gasteiger partial charge in [0.1, 0.15) is 12.4 Å². The van der Waals surface area contributed by atoms with Crippen molar-refractivity contribution in [1.29, 1.82) is 0 Å². The summed E-state index contributed by atoms with van der Waals surface area (Å²) in [5, 5.41) is 3.02. The maximum Gasteiger partial charge on any atom is 0.293 e. The van der Waals surface area contributed by atoms with Crippen molar-refractivity contribution in [2.45, 2.75) is 11.5 Å². The van der Waals surface area contributed by atoms with Crippen LogP contribution in [-0.4, -0.2) is 32.7 Å². The number of ether oxygens (including phenoxy) is 2. The van der Waals surface area contributed by atoms with Crippen molar-refractivity contribution >= 4 is 42.4 Å². The standard InChI is InChI=1S/C21H18N2O6S2/c1-27-16-5-3-4-6-17(16)28-12-13-7-10-18(29-13)20(24)23-21-22-15-9-8-14(31(2,25)26)11-19(15)30-21/h3-11H,12H2,1-2H3,(H,22,23,24). The number of benzene rings is 2. The fourth-order valence-electron chi connectivity index (χ4n) is 2.81. The smallest absolute Gasteiger partial charge is 0.293 e. The van der Waals surface area contributed by atoms with Gasteiger partial charge in [-0.15, -0.1) is 0 Å². The van der Waals surface area contributed by atoms with Gasteiger partial charge in [-0.05, 0) is 42.5 Å². The first-order chi connectivity index (χ1) is 14.8. The molecule has 0 saturated carbocycles. The summed E-state index contributed by atoms with van der Waals surface area (Å²) in [6.45, 7) is 0.128. The fourth-order valence-corrected chi connectivity index (χ4v) is 4.43. The summed E-state index contributed by atoms with van der Waals surface area (Å²) < 4.78 is 40.6. The summed E-state index contributed by atoms with van der Waals surface area (Å²) in [7, 11) is -1.76. The molecule has 0 saturated heterocycles. The lowest BCUT2D eigenvalue weighted by molar-refractivity contribution is 0.0992. The molecule has 160 valence electrons. The number of anilines is 1. The number of para-hydroxylation sites is 2. The molecule has 2 aromatic carbocycles. The maximum atomic E-state index is 12.5. The lowest BCUT2D eigenvalue weighted by atomic mass is 10.3. The predicted octanol–water partition coefficient (Wildman–Crippen LogP) is 4.13. The quantitative estimate of drug-likeness (QED) is 0.444. The first-order valence-corrected chi connectivity index (χ1v) is 11.8. The van der Waals surface area contributed by atoms with E-state index in [1.54, 1.807) is 37.4 Å². The number of nitrogens with zero attached hydrogens (tertiary/aromatic N) is 1. The van der Waals surface area contributed by atoms with E-state index in [0.29, 0.717) is 32.6 Å². The SMILES string of the molecule is COc1ccccc1OCc1ccc(C(=O)Nc2nc3ccc(S(C)(=O)=O)cc3s2)o1. The topological polar surface area (TPSA) is 108 Å². The lowest BCUT2D eigenvalue weighted by Crippen LogP contribution is -2.10. The number of rotatable bonds is 7. The highest BCUT2D eigenvalue weighted by molar-refractivity contribution is 7.90. The highest BCUT2D eigenvalue weighted by Gasteiger charge is 2.16. The minimum Gasteiger partial charge on any atom is -0.493 e. The zero-order valence-electron chi connectivity index (χ0n) is 16.6. The van der Waals surface area contributed by atoms with Crippen LogP contribution < -0.4 is 14.8 Å². The summed E-state index contributed by atoms with van der Waals surface area (Å²) in [4.78, 5) is 17.0. The molecule has 0 fully saturated rings. The summed E-state index contributed by atoms with van der Waals surface area (Å²) in [5.74, 6) is 1.27. The Hall–Kier alpha value is -3.37. The highest BCUT2D eigenvalue weighted by atomic mass is 32.2. The Balaban J connectivity index is 1.44. The van der Waals surface area contributed by atoms with Gasteiger partial charge in [-0.25, -0.2) is 13.4 Å². The molecule has 8 nitrogen and oxygen atoms in total. The molecule has 0 spiro atoms. The number of amides is 1. The number of carbonyl (C=O) groups is 1. The molecule has 0 radical (unpaired) electrons. The molecule has 4 rings (SSSR count). The van der Waals surface area contributed by atoms with Crippen LogP contribution in [-0.2, 0) is 16.4 Å². The second-order valence-electron chi connectivity index (χ2n) is 6.58. The number of methoxy groups -OCH3 is 1. The van der Waals surface area contributed by atoms with Crippen LogP contribution in [0.5, 0.6) is 11.5 Å². The molecule has 4 aromatic rings. The molecule has 0 bridgehead atoms. The predicted molar refractivity (Wildman–Crippen MR) is 117 cm³/mol. The number of hydrogen-bond donors (Lipinski definition) is 1. The molecule has 10 heteroatoms. The monoisotopic (exact) mass is 458 g/mol. The van der Waals surface area contributed by atoms with Gasteiger partial charge < -0.3 is 13.9 Å². The fraction of sp³-hybridized carbons (Fsp3) is 0.143. The second-order valence-corrected chi connectivity index (χ2v) is 9.63. The number of fused-ring (bicyclic) bond motifs is 1. The number of aromatic nitrogens is 1. The van der Waals surface area contributed by atoms with Crippen LogP contribution in [0.15, 0.2) is 63.9 Å². The van der Waals surface area contributed by atoms with Crippen molar-refractivity contribution in [2.75, 3.05) is 18.7 Å². The van der Waals surface area contributed by atoms with Gasteiger partial charge >= 0.3 is 0 Å². The van der Waals surface area contributed by atoms with E-state index in [-0.39, 0.29) is 17.3 Å². The average molecular weight is 459 g/mol. The van der Waals surface area contributed by atoms with Gasteiger partial charge in [0, 0.05) is 6.26 Å². The van der Waals surface area contributed by atoms with Crippen LogP contribution in [0, 0.1) is 0 Å². The van der Waals surface area contributed by atoms with Crippen LogP contribution in [0.1, 0.15) is 16.3 Å². The number of sulfone groups is 1. The molecule has 0 unspecified atom stereocenters. The summed E-state index contributed by atoms with van der Waals surface area (Å²) >= 11 is 1.18. The van der Waals surface area contributed by atoms with E-state index >= 15 is 0 Å². The van der Waals surface area contributed by atoms with Crippen LogP contribution in [0.4, 0.5) is 5.13 Å². The molecule has 1 amide bonds. The third-order valence-corrected chi connectivity index (χ3v) is 6.38. The van der Waals surface area contributed by atoms with Crippen LogP contribution in [0.3, 0.4) is 0 Å². The first kappa shape index (κ1) is 20.9. The van der Waals surface area contributed by atoms with Crippen molar-refractivity contribution in [3.05, 3.63) is 66.1 Å².